The number of nitrogens with one attached hydrogen (secondary N) is 1. The minimum absolute atomic E-state index is 0.0377. The van der Waals surface area contributed by atoms with Crippen LogP contribution >= 0.6 is 0 Å². The van der Waals surface area contributed by atoms with Crippen molar-refractivity contribution in [1.82, 2.24) is 20.4 Å². The number of carbonyl (C=O) groups is 1. The van der Waals surface area contributed by atoms with E-state index in [1.54, 1.807) is 18.2 Å². The van der Waals surface area contributed by atoms with Crippen molar-refractivity contribution in [3.05, 3.63) is 52.6 Å². The van der Waals surface area contributed by atoms with E-state index in [1.807, 2.05) is 25.7 Å². The van der Waals surface area contributed by atoms with Gasteiger partial charge in [-0.25, -0.2) is 0 Å². The topological polar surface area (TPSA) is 145 Å². The molecule has 0 radical (unpaired) electrons. The fourth-order valence-corrected chi connectivity index (χ4v) is 4.47. The predicted molar refractivity (Wildman–Crippen MR) is 140 cm³/mol. The normalized spacial score (nSPS) is 14.1. The maximum absolute atomic E-state index is 12.6. The van der Waals surface area contributed by atoms with Crippen molar-refractivity contribution in [3.8, 4) is 34.7 Å². The predicted octanol–water partition coefficient (Wildman–Crippen LogP) is 2.24. The number of rotatable bonds is 9. The van der Waals surface area contributed by atoms with E-state index < -0.39 is 6.10 Å². The first-order chi connectivity index (χ1) is 18.3. The van der Waals surface area contributed by atoms with Gasteiger partial charge in [0.1, 0.15) is 11.8 Å². The monoisotopic (exact) mass is 519 g/mol. The van der Waals surface area contributed by atoms with Gasteiger partial charge in [-0.1, -0.05) is 11.2 Å². The van der Waals surface area contributed by atoms with Gasteiger partial charge >= 0.3 is 0 Å². The summed E-state index contributed by atoms with van der Waals surface area (Å²) < 4.78 is 11.3. The third kappa shape index (κ3) is 6.37. The zero-order chi connectivity index (χ0) is 27.2. The maximum atomic E-state index is 12.6. The van der Waals surface area contributed by atoms with Crippen LogP contribution in [0.5, 0.6) is 5.75 Å². The van der Waals surface area contributed by atoms with Crippen molar-refractivity contribution in [3.63, 3.8) is 0 Å². The van der Waals surface area contributed by atoms with Crippen molar-refractivity contribution in [2.45, 2.75) is 45.8 Å². The Morgan fingerprint density at radius 3 is 2.66 bits per heavy atom. The summed E-state index contributed by atoms with van der Waals surface area (Å²) in [6.07, 6.45) is 0.503. The molecule has 0 saturated heterocycles. The molecule has 38 heavy (non-hydrogen) atoms. The fraction of sp³-hybridized carbons (Fsp3) is 0.429. The van der Waals surface area contributed by atoms with Gasteiger partial charge in [0.2, 0.25) is 11.7 Å². The lowest BCUT2D eigenvalue weighted by Gasteiger charge is -2.20. The molecule has 0 saturated carbocycles. The largest absolute Gasteiger partial charge is 0.490 e. The van der Waals surface area contributed by atoms with E-state index in [0.717, 1.165) is 23.1 Å². The Morgan fingerprint density at radius 1 is 1.24 bits per heavy atom. The number of benzene rings is 2. The van der Waals surface area contributed by atoms with Crippen molar-refractivity contribution in [2.75, 3.05) is 32.8 Å². The second kappa shape index (κ2) is 12.2. The number of nitriles is 1. The minimum Gasteiger partial charge on any atom is -0.490 e. The van der Waals surface area contributed by atoms with Gasteiger partial charge in [0.25, 0.3) is 5.89 Å². The minimum atomic E-state index is -0.880. The molecule has 2 aromatic carbocycles. The smallest absolute Gasteiger partial charge is 0.258 e. The molecule has 4 rings (SSSR count). The second-order valence-corrected chi connectivity index (χ2v) is 9.70. The van der Waals surface area contributed by atoms with Crippen LogP contribution in [0, 0.1) is 18.3 Å². The molecule has 1 unspecified atom stereocenters. The molecule has 3 N–H and O–H groups in total. The quantitative estimate of drug-likeness (QED) is 0.387. The van der Waals surface area contributed by atoms with Gasteiger partial charge in [-0.15, -0.1) is 0 Å². The highest BCUT2D eigenvalue weighted by Gasteiger charge is 2.21. The van der Waals surface area contributed by atoms with Crippen molar-refractivity contribution < 1.29 is 24.3 Å². The number of aliphatic hydroxyl groups is 2. The van der Waals surface area contributed by atoms with Gasteiger partial charge in [0, 0.05) is 30.8 Å². The van der Waals surface area contributed by atoms with Crippen molar-refractivity contribution in [2.24, 2.45) is 0 Å². The lowest BCUT2D eigenvalue weighted by molar-refractivity contribution is -0.130. The average Bonchev–Trinajstić information content (AvgIpc) is 3.29. The van der Waals surface area contributed by atoms with Crippen LogP contribution in [0.2, 0.25) is 0 Å². The molecule has 1 aliphatic heterocycles. The van der Waals surface area contributed by atoms with Crippen LogP contribution in [0.1, 0.15) is 36.1 Å². The number of carbonyl (C=O) groups excluding carboxylic acids is 1. The van der Waals surface area contributed by atoms with Gasteiger partial charge in [-0.2, -0.15) is 10.2 Å². The Bertz CT molecular complexity index is 1330. The summed E-state index contributed by atoms with van der Waals surface area (Å²) in [6, 6.07) is 11.6. The van der Waals surface area contributed by atoms with E-state index in [-0.39, 0.29) is 31.7 Å². The maximum Gasteiger partial charge on any atom is 0.258 e. The van der Waals surface area contributed by atoms with E-state index >= 15 is 0 Å². The third-order valence-corrected chi connectivity index (χ3v) is 6.44. The molecule has 0 bridgehead atoms. The molecular weight excluding hydrogens is 486 g/mol. The molecule has 1 aromatic heterocycles. The second-order valence-electron chi connectivity index (χ2n) is 9.70. The third-order valence-electron chi connectivity index (χ3n) is 6.44. The number of hydrogen-bond acceptors (Lipinski definition) is 9. The van der Waals surface area contributed by atoms with E-state index in [4.69, 9.17) is 14.4 Å². The number of aliphatic hydroxyl groups excluding tert-OH is 2. The summed E-state index contributed by atoms with van der Waals surface area (Å²) in [7, 11) is 0. The van der Waals surface area contributed by atoms with Gasteiger partial charge in [0.05, 0.1) is 30.9 Å². The molecule has 3 aromatic rings. The van der Waals surface area contributed by atoms with E-state index in [2.05, 4.69) is 33.7 Å². The van der Waals surface area contributed by atoms with Crippen LogP contribution < -0.4 is 10.1 Å². The summed E-state index contributed by atoms with van der Waals surface area (Å²) in [5, 5.41) is 35.0. The molecule has 0 spiro atoms. The molecule has 10 nitrogen and oxygen atoms in total. The Kier molecular flexibility index (Phi) is 8.73. The zero-order valence-electron chi connectivity index (χ0n) is 21.9. The molecule has 2 heterocycles. The van der Waals surface area contributed by atoms with Crippen LogP contribution in [0.4, 0.5) is 0 Å². The van der Waals surface area contributed by atoms with Crippen molar-refractivity contribution in [1.29, 1.82) is 5.26 Å². The van der Waals surface area contributed by atoms with Crippen LogP contribution in [0.15, 0.2) is 34.9 Å². The van der Waals surface area contributed by atoms with Gasteiger partial charge in [-0.3, -0.25) is 4.79 Å². The number of nitrogens with zero attached hydrogens (tertiary/aromatic N) is 4. The van der Waals surface area contributed by atoms with Crippen LogP contribution in [-0.4, -0.2) is 76.2 Å². The molecule has 10 heteroatoms. The number of aromatic nitrogens is 2. The standard InChI is InChI=1S/C28H33N5O5/c1-17(2)37-25-5-4-21(11-22(25)13-29)28-31-27(32-38-28)24-12-20-7-9-33(8-6-19(20)10-18(24)3)26(36)15-30-14-23(35)16-34/h4-5,10-12,17,23,30,34-35H,6-9,14-16H2,1-3H3. The van der Waals surface area contributed by atoms with Gasteiger partial charge in [0.15, 0.2) is 0 Å². The number of fused-ring (bicyclic) bond motifs is 1. The lowest BCUT2D eigenvalue weighted by Crippen LogP contribution is -2.41. The molecule has 0 fully saturated rings. The number of ether oxygens (including phenoxy) is 1. The summed E-state index contributed by atoms with van der Waals surface area (Å²) in [4.78, 5) is 19.1. The number of aryl methyl sites for hydroxylation is 1. The van der Waals surface area contributed by atoms with Gasteiger partial charge in [-0.05, 0) is 74.6 Å². The molecule has 1 amide bonds. The van der Waals surface area contributed by atoms with Crippen LogP contribution in [-0.2, 0) is 17.6 Å². The van der Waals surface area contributed by atoms with E-state index in [9.17, 15) is 15.2 Å². The number of hydrogen-bond donors (Lipinski definition) is 3. The number of amides is 1. The van der Waals surface area contributed by atoms with E-state index in [1.165, 1.54) is 5.56 Å². The molecule has 1 aliphatic rings. The van der Waals surface area contributed by atoms with E-state index in [0.29, 0.717) is 48.1 Å². The Hall–Kier alpha value is -3.78. The average molecular weight is 520 g/mol. The molecule has 0 aliphatic carbocycles. The molecule has 1 atom stereocenters. The summed E-state index contributed by atoms with van der Waals surface area (Å²) in [6.45, 7) is 6.94. The SMILES string of the molecule is Cc1cc2c(cc1-c1noc(-c3ccc(OC(C)C)c(C#N)c3)n1)CCN(C(=O)CNCC(O)CO)CC2. The first kappa shape index (κ1) is 27.3. The van der Waals surface area contributed by atoms with Gasteiger partial charge < -0.3 is 29.7 Å². The van der Waals surface area contributed by atoms with Crippen LogP contribution in [0.25, 0.3) is 22.8 Å². The summed E-state index contributed by atoms with van der Waals surface area (Å²) >= 11 is 0. The molecule has 200 valence electrons. The Labute approximate surface area is 221 Å². The molecular formula is C28H33N5O5. The van der Waals surface area contributed by atoms with Crippen molar-refractivity contribution >= 4 is 5.91 Å². The Morgan fingerprint density at radius 2 is 1.97 bits per heavy atom. The zero-order valence-corrected chi connectivity index (χ0v) is 21.9. The highest BCUT2D eigenvalue weighted by molar-refractivity contribution is 5.78. The highest BCUT2D eigenvalue weighted by Crippen LogP contribution is 2.31. The highest BCUT2D eigenvalue weighted by atomic mass is 16.5. The first-order valence-corrected chi connectivity index (χ1v) is 12.7. The first-order valence-electron chi connectivity index (χ1n) is 12.7. The lowest BCUT2D eigenvalue weighted by atomic mass is 9.96. The summed E-state index contributed by atoms with van der Waals surface area (Å²) in [5.41, 5.74) is 5.23. The fourth-order valence-electron chi connectivity index (χ4n) is 4.47. The summed E-state index contributed by atoms with van der Waals surface area (Å²) in [5.74, 6) is 1.26. The Balaban J connectivity index is 1.49. The van der Waals surface area contributed by atoms with Crippen LogP contribution in [0.3, 0.4) is 0 Å².